The van der Waals surface area contributed by atoms with E-state index in [2.05, 4.69) is 30.2 Å². The topological polar surface area (TPSA) is 108 Å². The number of carbonyl (C=O) groups is 3. The zero-order valence-corrected chi connectivity index (χ0v) is 24.0. The number of amides is 3. The van der Waals surface area contributed by atoms with Gasteiger partial charge in [-0.1, -0.05) is 44.9 Å². The Morgan fingerprint density at radius 3 is 2.28 bits per heavy atom. The van der Waals surface area contributed by atoms with Gasteiger partial charge in [-0.2, -0.15) is 12.6 Å². The maximum atomic E-state index is 14.0. The van der Waals surface area contributed by atoms with Crippen molar-refractivity contribution in [1.82, 2.24) is 15.5 Å². The third-order valence-corrected chi connectivity index (χ3v) is 6.44. The van der Waals surface area contributed by atoms with Crippen molar-refractivity contribution in [1.29, 1.82) is 0 Å². The number of nitrogens with zero attached hydrogens (tertiary/aromatic N) is 1. The normalized spacial score (nSPS) is 13.5. The predicted molar refractivity (Wildman–Crippen MR) is 146 cm³/mol. The van der Waals surface area contributed by atoms with Crippen LogP contribution >= 0.6 is 12.6 Å². The number of aryl methyl sites for hydroxylation is 1. The number of hydrogen-bond donors (Lipinski definition) is 4. The van der Waals surface area contributed by atoms with Gasteiger partial charge in [0.05, 0.1) is 0 Å². The fraction of sp³-hybridized carbons (Fsp3) is 0.667. The van der Waals surface area contributed by atoms with Gasteiger partial charge in [-0.05, 0) is 59.9 Å². The van der Waals surface area contributed by atoms with Crippen molar-refractivity contribution in [3.63, 3.8) is 0 Å². The fourth-order valence-electron chi connectivity index (χ4n) is 3.73. The van der Waals surface area contributed by atoms with Crippen molar-refractivity contribution in [2.45, 2.75) is 104 Å². The molecule has 0 fully saturated rings. The molecule has 204 valence electrons. The van der Waals surface area contributed by atoms with E-state index in [1.807, 2.05) is 20.8 Å². The highest BCUT2D eigenvalue weighted by molar-refractivity contribution is 7.80. The Morgan fingerprint density at radius 2 is 1.75 bits per heavy atom. The SMILES string of the molecule is CCCCCNC(=O)C(c1cccc(C)c1O)N(C(=O)C(CS)NC(=O)OC(C)(C)C)C(C)(C)CC. The van der Waals surface area contributed by atoms with Crippen LogP contribution in [-0.2, 0) is 14.3 Å². The summed E-state index contributed by atoms with van der Waals surface area (Å²) in [6.07, 6.45) is 2.55. The van der Waals surface area contributed by atoms with Gasteiger partial charge in [0.25, 0.3) is 0 Å². The number of phenols is 1. The van der Waals surface area contributed by atoms with Crippen molar-refractivity contribution in [3.8, 4) is 5.75 Å². The molecule has 0 aliphatic carbocycles. The molecule has 0 aromatic heterocycles. The minimum absolute atomic E-state index is 0.000983. The molecule has 0 heterocycles. The quantitative estimate of drug-likeness (QED) is 0.231. The van der Waals surface area contributed by atoms with Gasteiger partial charge in [0.2, 0.25) is 11.8 Å². The summed E-state index contributed by atoms with van der Waals surface area (Å²) in [6.45, 7) is 15.1. The number of alkyl carbamates (subject to hydrolysis) is 1. The smallest absolute Gasteiger partial charge is 0.408 e. The molecule has 0 saturated carbocycles. The Balaban J connectivity index is 3.55. The second kappa shape index (κ2) is 13.8. The van der Waals surface area contributed by atoms with E-state index in [1.54, 1.807) is 45.9 Å². The monoisotopic (exact) mass is 523 g/mol. The van der Waals surface area contributed by atoms with Crippen molar-refractivity contribution in [2.75, 3.05) is 12.3 Å². The minimum atomic E-state index is -1.11. The number of benzene rings is 1. The van der Waals surface area contributed by atoms with Crippen LogP contribution in [0.1, 0.15) is 91.3 Å². The maximum absolute atomic E-state index is 14.0. The molecule has 2 atom stereocenters. The van der Waals surface area contributed by atoms with Gasteiger partial charge in [-0.25, -0.2) is 4.79 Å². The molecular weight excluding hydrogens is 478 g/mol. The summed E-state index contributed by atoms with van der Waals surface area (Å²) in [5.41, 5.74) is -0.621. The molecule has 1 aromatic rings. The number of hydrogen-bond acceptors (Lipinski definition) is 6. The zero-order chi connectivity index (χ0) is 27.7. The van der Waals surface area contributed by atoms with Crippen LogP contribution in [-0.4, -0.2) is 57.4 Å². The Morgan fingerprint density at radius 1 is 1.11 bits per heavy atom. The van der Waals surface area contributed by atoms with Crippen molar-refractivity contribution in [3.05, 3.63) is 29.3 Å². The average molecular weight is 524 g/mol. The van der Waals surface area contributed by atoms with E-state index >= 15 is 0 Å². The third-order valence-electron chi connectivity index (χ3n) is 6.08. The first kappa shape index (κ1) is 31.6. The van der Waals surface area contributed by atoms with E-state index in [9.17, 15) is 19.5 Å². The molecule has 9 heteroatoms. The number of rotatable bonds is 12. The second-order valence-corrected chi connectivity index (χ2v) is 11.0. The lowest BCUT2D eigenvalue weighted by Gasteiger charge is -2.44. The number of phenolic OH excluding ortho intramolecular Hbond substituents is 1. The summed E-state index contributed by atoms with van der Waals surface area (Å²) in [4.78, 5) is 41.6. The van der Waals surface area contributed by atoms with E-state index in [4.69, 9.17) is 4.74 Å². The molecule has 0 bridgehead atoms. The Labute approximate surface area is 222 Å². The highest BCUT2D eigenvalue weighted by Gasteiger charge is 2.43. The van der Waals surface area contributed by atoms with Gasteiger partial charge in [0.15, 0.2) is 0 Å². The summed E-state index contributed by atoms with van der Waals surface area (Å²) in [5.74, 6) is -0.924. The number of nitrogens with one attached hydrogen (secondary N) is 2. The molecule has 0 aliphatic heterocycles. The first-order valence-corrected chi connectivity index (χ1v) is 13.3. The Hall–Kier alpha value is -2.42. The van der Waals surface area contributed by atoms with Crippen molar-refractivity contribution < 1.29 is 24.2 Å². The summed E-state index contributed by atoms with van der Waals surface area (Å²) >= 11 is 4.32. The highest BCUT2D eigenvalue weighted by Crippen LogP contribution is 2.37. The van der Waals surface area contributed by atoms with Gasteiger partial charge < -0.3 is 25.4 Å². The third kappa shape index (κ3) is 8.91. The minimum Gasteiger partial charge on any atom is -0.507 e. The molecule has 0 spiro atoms. The summed E-state index contributed by atoms with van der Waals surface area (Å²) in [6, 6.07) is 2.99. The highest BCUT2D eigenvalue weighted by atomic mass is 32.1. The summed E-state index contributed by atoms with van der Waals surface area (Å²) in [7, 11) is 0. The van der Waals surface area contributed by atoms with Crippen molar-refractivity contribution in [2.24, 2.45) is 0 Å². The molecule has 8 nitrogen and oxygen atoms in total. The molecule has 3 amide bonds. The molecule has 1 rings (SSSR count). The van der Waals surface area contributed by atoms with Crippen LogP contribution in [0.3, 0.4) is 0 Å². The number of unbranched alkanes of at least 4 members (excludes halogenated alkanes) is 2. The Kier molecular flexibility index (Phi) is 12.1. The van der Waals surface area contributed by atoms with E-state index in [0.29, 0.717) is 24.1 Å². The van der Waals surface area contributed by atoms with Crippen LogP contribution in [0.15, 0.2) is 18.2 Å². The van der Waals surface area contributed by atoms with Gasteiger partial charge in [0, 0.05) is 23.4 Å². The lowest BCUT2D eigenvalue weighted by molar-refractivity contribution is -0.149. The molecule has 0 aliphatic rings. The summed E-state index contributed by atoms with van der Waals surface area (Å²) in [5, 5.41) is 16.5. The molecule has 36 heavy (non-hydrogen) atoms. The lowest BCUT2D eigenvalue weighted by Crippen LogP contribution is -2.60. The Bertz CT molecular complexity index is 898. The maximum Gasteiger partial charge on any atom is 0.408 e. The largest absolute Gasteiger partial charge is 0.507 e. The van der Waals surface area contributed by atoms with E-state index < -0.39 is 41.1 Å². The number of para-hydroxylation sites is 1. The molecule has 0 radical (unpaired) electrons. The van der Waals surface area contributed by atoms with Crippen molar-refractivity contribution >= 4 is 30.5 Å². The molecule has 1 aromatic carbocycles. The molecular formula is C27H45N3O5S. The molecule has 3 N–H and O–H groups in total. The number of carbonyl (C=O) groups excluding carboxylic acids is 3. The van der Waals surface area contributed by atoms with Crippen LogP contribution in [0.4, 0.5) is 4.79 Å². The molecule has 0 saturated heterocycles. The van der Waals surface area contributed by atoms with Crippen LogP contribution in [0.5, 0.6) is 5.75 Å². The van der Waals surface area contributed by atoms with E-state index in [-0.39, 0.29) is 11.5 Å². The number of thiol groups is 1. The predicted octanol–water partition coefficient (Wildman–Crippen LogP) is 4.89. The number of ether oxygens (including phenoxy) is 1. The van der Waals surface area contributed by atoms with Gasteiger partial charge >= 0.3 is 6.09 Å². The van der Waals surface area contributed by atoms with Gasteiger partial charge in [-0.3, -0.25) is 9.59 Å². The zero-order valence-electron chi connectivity index (χ0n) is 23.1. The van der Waals surface area contributed by atoms with Crippen LogP contribution in [0.25, 0.3) is 0 Å². The first-order valence-electron chi connectivity index (χ1n) is 12.7. The average Bonchev–Trinajstić information content (AvgIpc) is 2.79. The van der Waals surface area contributed by atoms with E-state index in [1.165, 1.54) is 4.90 Å². The van der Waals surface area contributed by atoms with Gasteiger partial charge in [0.1, 0.15) is 23.4 Å². The summed E-state index contributed by atoms with van der Waals surface area (Å²) < 4.78 is 5.34. The van der Waals surface area contributed by atoms with Crippen LogP contribution in [0.2, 0.25) is 0 Å². The van der Waals surface area contributed by atoms with Crippen LogP contribution < -0.4 is 10.6 Å². The molecule has 2 unspecified atom stereocenters. The first-order chi connectivity index (χ1) is 16.7. The standard InChI is InChI=1S/C27H45N3O5S/c1-9-11-12-16-28-23(32)21(19-15-13-14-18(3)22(19)31)30(27(7,8)10-2)24(33)20(17-36)29-25(34)35-26(4,5)6/h13-15,20-21,31,36H,9-12,16-17H2,1-8H3,(H,28,32)(H,29,34). The fourth-order valence-corrected chi connectivity index (χ4v) is 3.98. The lowest BCUT2D eigenvalue weighted by atomic mass is 9.91. The number of aromatic hydroxyl groups is 1. The van der Waals surface area contributed by atoms with Gasteiger partial charge in [-0.15, -0.1) is 0 Å². The van der Waals surface area contributed by atoms with Crippen LogP contribution in [0, 0.1) is 6.92 Å². The second-order valence-electron chi connectivity index (χ2n) is 10.7. The van der Waals surface area contributed by atoms with E-state index in [0.717, 1.165) is 19.3 Å².